The Bertz CT molecular complexity index is 1410. The van der Waals surface area contributed by atoms with Crippen molar-refractivity contribution >= 4 is 11.6 Å². The number of pyridine rings is 1. The van der Waals surface area contributed by atoms with Gasteiger partial charge in [0.05, 0.1) is 18.4 Å². The molecule has 2 aromatic heterocycles. The fourth-order valence-corrected chi connectivity index (χ4v) is 4.20. The number of rotatable bonds is 9. The van der Waals surface area contributed by atoms with E-state index >= 15 is 0 Å². The Hall–Kier alpha value is -3.98. The van der Waals surface area contributed by atoms with E-state index in [-0.39, 0.29) is 24.6 Å². The van der Waals surface area contributed by atoms with Gasteiger partial charge in [0.15, 0.2) is 11.4 Å². The minimum Gasteiger partial charge on any atom is -0.497 e. The smallest absolute Gasteiger partial charge is 0.270 e. The fraction of sp³-hybridized carbons (Fsp3) is 0.286. The van der Waals surface area contributed by atoms with Gasteiger partial charge in [-0.1, -0.05) is 18.2 Å². The number of carbonyl (C=O) groups excluding carboxylic acids is 1. The molecule has 0 bridgehead atoms. The van der Waals surface area contributed by atoms with Crippen molar-refractivity contribution in [3.63, 3.8) is 0 Å². The largest absolute Gasteiger partial charge is 0.497 e. The highest BCUT2D eigenvalue weighted by Crippen LogP contribution is 2.26. The van der Waals surface area contributed by atoms with E-state index in [0.717, 1.165) is 16.9 Å². The zero-order valence-electron chi connectivity index (χ0n) is 21.3. The number of hydrogen-bond acceptors (Lipinski definition) is 5. The molecule has 1 unspecified atom stereocenters. The molecule has 0 aliphatic heterocycles. The Kier molecular flexibility index (Phi) is 7.45. The summed E-state index contributed by atoms with van der Waals surface area (Å²) in [4.78, 5) is 17.7. The summed E-state index contributed by atoms with van der Waals surface area (Å²) >= 11 is 0. The normalized spacial score (nSPS) is 12.8. The van der Waals surface area contributed by atoms with Gasteiger partial charge in [-0.3, -0.25) is 9.20 Å². The number of halogens is 2. The molecule has 7 nitrogen and oxygen atoms in total. The lowest BCUT2D eigenvalue weighted by atomic mass is 9.94. The number of aryl methyl sites for hydroxylation is 2. The summed E-state index contributed by atoms with van der Waals surface area (Å²) in [5.41, 5.74) is 8.61. The molecule has 0 aliphatic rings. The van der Waals surface area contributed by atoms with Crippen molar-refractivity contribution in [2.45, 2.75) is 39.3 Å². The summed E-state index contributed by atoms with van der Waals surface area (Å²) in [6, 6.07) is 13.0. The monoisotopic (exact) mass is 508 g/mol. The Labute approximate surface area is 214 Å². The summed E-state index contributed by atoms with van der Waals surface area (Å²) in [7, 11) is 1.61. The second kappa shape index (κ2) is 10.6. The molecule has 194 valence electrons. The first-order chi connectivity index (χ1) is 17.6. The first-order valence-corrected chi connectivity index (χ1v) is 11.8. The minimum absolute atomic E-state index is 0.178. The van der Waals surface area contributed by atoms with Crippen molar-refractivity contribution < 1.29 is 23.0 Å². The molecule has 9 heteroatoms. The summed E-state index contributed by atoms with van der Waals surface area (Å²) in [5, 5.41) is 2.92. The zero-order chi connectivity index (χ0) is 26.7. The molecule has 37 heavy (non-hydrogen) atoms. The molecule has 0 saturated carbocycles. The lowest BCUT2D eigenvalue weighted by molar-refractivity contribution is 0.0938. The third-order valence-electron chi connectivity index (χ3n) is 6.07. The first-order valence-electron chi connectivity index (χ1n) is 11.8. The van der Waals surface area contributed by atoms with Crippen LogP contribution in [0.15, 0.2) is 54.7 Å². The molecule has 4 rings (SSSR count). The molecule has 0 spiro atoms. The lowest BCUT2D eigenvalue weighted by Crippen LogP contribution is -2.49. The lowest BCUT2D eigenvalue weighted by Gasteiger charge is -2.25. The third-order valence-corrected chi connectivity index (χ3v) is 6.07. The van der Waals surface area contributed by atoms with Gasteiger partial charge >= 0.3 is 0 Å². The Balaban J connectivity index is 1.52. The van der Waals surface area contributed by atoms with E-state index in [1.54, 1.807) is 30.7 Å². The number of nitrogens with one attached hydrogen (secondary N) is 1. The van der Waals surface area contributed by atoms with Crippen molar-refractivity contribution in [1.82, 2.24) is 14.7 Å². The van der Waals surface area contributed by atoms with Gasteiger partial charge in [-0.05, 0) is 68.7 Å². The van der Waals surface area contributed by atoms with Gasteiger partial charge in [0, 0.05) is 18.3 Å². The zero-order valence-corrected chi connectivity index (χ0v) is 21.3. The predicted octanol–water partition coefficient (Wildman–Crippen LogP) is 4.51. The van der Waals surface area contributed by atoms with Gasteiger partial charge in [-0.15, -0.1) is 0 Å². The van der Waals surface area contributed by atoms with Crippen LogP contribution in [0.2, 0.25) is 0 Å². The summed E-state index contributed by atoms with van der Waals surface area (Å²) in [6.07, 6.45) is 2.31. The molecule has 1 atom stereocenters. The highest BCUT2D eigenvalue weighted by Gasteiger charge is 2.24. The number of amides is 1. The van der Waals surface area contributed by atoms with Crippen molar-refractivity contribution in [3.8, 4) is 11.5 Å². The molecule has 0 fully saturated rings. The highest BCUT2D eigenvalue weighted by atomic mass is 19.1. The number of imidazole rings is 1. The number of benzene rings is 2. The third kappa shape index (κ3) is 5.89. The van der Waals surface area contributed by atoms with E-state index in [2.05, 4.69) is 10.3 Å². The van der Waals surface area contributed by atoms with Gasteiger partial charge in [0.1, 0.15) is 29.7 Å². The molecule has 4 aromatic rings. The van der Waals surface area contributed by atoms with E-state index in [4.69, 9.17) is 15.2 Å². The molecular formula is C28H30F2N4O3. The van der Waals surface area contributed by atoms with Crippen LogP contribution in [0.3, 0.4) is 0 Å². The van der Waals surface area contributed by atoms with Crippen LogP contribution in [0.1, 0.15) is 39.8 Å². The van der Waals surface area contributed by atoms with Crippen molar-refractivity contribution in [1.29, 1.82) is 0 Å². The number of ether oxygens (including phenoxy) is 2. The van der Waals surface area contributed by atoms with E-state index in [0.29, 0.717) is 29.2 Å². The van der Waals surface area contributed by atoms with Crippen molar-refractivity contribution in [3.05, 3.63) is 94.4 Å². The molecule has 3 N–H and O–H groups in total. The predicted molar refractivity (Wildman–Crippen MR) is 137 cm³/mol. The van der Waals surface area contributed by atoms with Crippen LogP contribution in [0.25, 0.3) is 5.65 Å². The van der Waals surface area contributed by atoms with Crippen LogP contribution in [0, 0.1) is 25.5 Å². The summed E-state index contributed by atoms with van der Waals surface area (Å²) in [5.74, 6) is -0.650. The summed E-state index contributed by atoms with van der Waals surface area (Å²) in [6.45, 7) is 5.33. The SMILES string of the molecule is COc1ccc(CC(C)(N)CNC(=O)c2c(C)nc3c(OCc4c(F)cccc4F)cc(C)cn23)cc1. The highest BCUT2D eigenvalue weighted by molar-refractivity contribution is 5.95. The second-order valence-electron chi connectivity index (χ2n) is 9.47. The minimum atomic E-state index is -0.702. The van der Waals surface area contributed by atoms with Crippen LogP contribution in [-0.4, -0.2) is 34.5 Å². The van der Waals surface area contributed by atoms with Gasteiger partial charge in [0.2, 0.25) is 0 Å². The van der Waals surface area contributed by atoms with Crippen LogP contribution in [0.4, 0.5) is 8.78 Å². The quantitative estimate of drug-likeness (QED) is 0.347. The standard InChI is InChI=1S/C28H30F2N4O3/c1-17-12-24(37-15-21-22(29)6-5-7-23(21)30)26-33-18(2)25(34(26)14-17)27(35)32-16-28(3,31)13-19-8-10-20(36-4)11-9-19/h5-12,14H,13,15-16,31H2,1-4H3,(H,32,35). The number of methoxy groups -OCH3 is 1. The van der Waals surface area contributed by atoms with Crippen LogP contribution >= 0.6 is 0 Å². The molecule has 2 heterocycles. The van der Waals surface area contributed by atoms with Gasteiger partial charge in [0.25, 0.3) is 5.91 Å². The number of hydrogen-bond donors (Lipinski definition) is 2. The molecule has 0 aliphatic carbocycles. The number of nitrogens with two attached hydrogens (primary N) is 1. The molecule has 0 radical (unpaired) electrons. The molecule has 2 aromatic carbocycles. The Morgan fingerprint density at radius 1 is 1.14 bits per heavy atom. The maximum absolute atomic E-state index is 14.1. The molecule has 0 saturated heterocycles. The molecular weight excluding hydrogens is 478 g/mol. The number of fused-ring (bicyclic) bond motifs is 1. The van der Waals surface area contributed by atoms with Crippen LogP contribution < -0.4 is 20.5 Å². The Morgan fingerprint density at radius 2 is 1.81 bits per heavy atom. The van der Waals surface area contributed by atoms with Crippen molar-refractivity contribution in [2.24, 2.45) is 5.73 Å². The van der Waals surface area contributed by atoms with E-state index in [1.165, 1.54) is 18.2 Å². The average molecular weight is 509 g/mol. The average Bonchev–Trinajstić information content (AvgIpc) is 3.18. The Morgan fingerprint density at radius 3 is 2.46 bits per heavy atom. The fourth-order valence-electron chi connectivity index (χ4n) is 4.20. The first kappa shape index (κ1) is 26.1. The van der Waals surface area contributed by atoms with Gasteiger partial charge in [-0.2, -0.15) is 0 Å². The summed E-state index contributed by atoms with van der Waals surface area (Å²) < 4.78 is 40.7. The van der Waals surface area contributed by atoms with Gasteiger partial charge in [-0.25, -0.2) is 13.8 Å². The second-order valence-corrected chi connectivity index (χ2v) is 9.47. The van der Waals surface area contributed by atoms with E-state index < -0.39 is 17.2 Å². The maximum atomic E-state index is 14.1. The van der Waals surface area contributed by atoms with Crippen LogP contribution in [0.5, 0.6) is 11.5 Å². The van der Waals surface area contributed by atoms with E-state index in [1.807, 2.05) is 38.1 Å². The number of carbonyl (C=O) groups is 1. The van der Waals surface area contributed by atoms with Gasteiger partial charge < -0.3 is 20.5 Å². The maximum Gasteiger partial charge on any atom is 0.270 e. The van der Waals surface area contributed by atoms with E-state index in [9.17, 15) is 13.6 Å². The molecule has 1 amide bonds. The van der Waals surface area contributed by atoms with Crippen molar-refractivity contribution in [2.75, 3.05) is 13.7 Å². The van der Waals surface area contributed by atoms with Crippen LogP contribution in [-0.2, 0) is 13.0 Å². The topological polar surface area (TPSA) is 90.9 Å². The number of nitrogens with zero attached hydrogens (tertiary/aromatic N) is 2. The number of aromatic nitrogens is 2.